The van der Waals surface area contributed by atoms with Crippen molar-refractivity contribution >= 4 is 0 Å². The maximum absolute atomic E-state index is 9.35. The van der Waals surface area contributed by atoms with Crippen molar-refractivity contribution in [1.82, 2.24) is 0 Å². The third kappa shape index (κ3) is 1.93. The lowest BCUT2D eigenvalue weighted by Gasteiger charge is -2.27. The molecule has 0 aromatic carbocycles. The summed E-state index contributed by atoms with van der Waals surface area (Å²) >= 11 is 0. The highest BCUT2D eigenvalue weighted by molar-refractivity contribution is 5.12. The van der Waals surface area contributed by atoms with Gasteiger partial charge in [-0.25, -0.2) is 0 Å². The van der Waals surface area contributed by atoms with E-state index in [-0.39, 0.29) is 6.10 Å². The van der Waals surface area contributed by atoms with E-state index in [1.165, 1.54) is 5.57 Å². The van der Waals surface area contributed by atoms with Crippen LogP contribution >= 0.6 is 0 Å². The first-order valence-electron chi connectivity index (χ1n) is 4.12. The first-order valence-corrected chi connectivity index (χ1v) is 4.12. The molecule has 62 valence electrons. The van der Waals surface area contributed by atoms with Crippen molar-refractivity contribution < 1.29 is 5.11 Å². The molecule has 1 saturated carbocycles. The van der Waals surface area contributed by atoms with E-state index in [4.69, 9.17) is 0 Å². The number of allylic oxidation sites excluding steroid dienone is 1. The summed E-state index contributed by atoms with van der Waals surface area (Å²) in [7, 11) is 0. The zero-order valence-electron chi connectivity index (χ0n) is 7.14. The van der Waals surface area contributed by atoms with Gasteiger partial charge in [0.05, 0.1) is 6.10 Å². The molecule has 0 heterocycles. The van der Waals surface area contributed by atoms with Gasteiger partial charge < -0.3 is 5.11 Å². The van der Waals surface area contributed by atoms with Gasteiger partial charge in [-0.3, -0.25) is 0 Å². The Bertz CT molecular complexity index is 181. The zero-order valence-corrected chi connectivity index (χ0v) is 7.14. The van der Waals surface area contributed by atoms with E-state index < -0.39 is 0 Å². The van der Waals surface area contributed by atoms with E-state index in [0.717, 1.165) is 24.8 Å². The summed E-state index contributed by atoms with van der Waals surface area (Å²) < 4.78 is 0. The monoisotopic (exact) mass is 152 g/mol. The predicted molar refractivity (Wildman–Crippen MR) is 47.3 cm³/mol. The lowest BCUT2D eigenvalue weighted by Crippen LogP contribution is -2.20. The van der Waals surface area contributed by atoms with Gasteiger partial charge in [-0.1, -0.05) is 18.7 Å². The van der Waals surface area contributed by atoms with Crippen LogP contribution in [0.2, 0.25) is 0 Å². The van der Waals surface area contributed by atoms with E-state index in [2.05, 4.69) is 20.1 Å². The average Bonchev–Trinajstić information content (AvgIpc) is 1.94. The molecule has 1 aliphatic rings. The van der Waals surface area contributed by atoms with Gasteiger partial charge in [0, 0.05) is 0 Å². The molecule has 0 aliphatic heterocycles. The molecule has 0 aromatic rings. The van der Waals surface area contributed by atoms with Gasteiger partial charge in [0.2, 0.25) is 0 Å². The van der Waals surface area contributed by atoms with Crippen molar-refractivity contribution in [2.75, 3.05) is 0 Å². The Kier molecular flexibility index (Phi) is 2.50. The molecule has 0 amide bonds. The van der Waals surface area contributed by atoms with Crippen LogP contribution in [0.15, 0.2) is 24.3 Å². The summed E-state index contributed by atoms with van der Waals surface area (Å²) in [4.78, 5) is 0. The summed E-state index contributed by atoms with van der Waals surface area (Å²) in [6, 6.07) is 0. The van der Waals surface area contributed by atoms with E-state index in [0.29, 0.717) is 5.92 Å². The summed E-state index contributed by atoms with van der Waals surface area (Å²) in [5, 5.41) is 9.35. The molecule has 1 heteroatoms. The Morgan fingerprint density at radius 2 is 2.18 bits per heavy atom. The lowest BCUT2D eigenvalue weighted by molar-refractivity contribution is 0.166. The maximum atomic E-state index is 9.35. The predicted octanol–water partition coefficient (Wildman–Crippen LogP) is 2.28. The average molecular weight is 152 g/mol. The number of rotatable bonds is 1. The second-order valence-electron chi connectivity index (χ2n) is 3.50. The van der Waals surface area contributed by atoms with Crippen LogP contribution in [0, 0.1) is 5.92 Å². The maximum Gasteiger partial charge on any atom is 0.0747 e. The Labute approximate surface area is 68.4 Å². The van der Waals surface area contributed by atoms with Crippen LogP contribution in [-0.4, -0.2) is 11.2 Å². The lowest BCUT2D eigenvalue weighted by atomic mass is 9.81. The Morgan fingerprint density at radius 3 is 2.64 bits per heavy atom. The molecule has 0 saturated heterocycles. The molecule has 1 nitrogen and oxygen atoms in total. The van der Waals surface area contributed by atoms with Crippen LogP contribution < -0.4 is 0 Å². The molecule has 0 bridgehead atoms. The smallest absolute Gasteiger partial charge is 0.0747 e. The fourth-order valence-electron chi connectivity index (χ4n) is 1.54. The van der Waals surface area contributed by atoms with Gasteiger partial charge in [0.25, 0.3) is 0 Å². The van der Waals surface area contributed by atoms with Crippen LogP contribution in [0.1, 0.15) is 26.2 Å². The molecule has 1 fully saturated rings. The SMILES string of the molecule is C=C1CC(C(=C)C)CCC1O. The minimum atomic E-state index is -0.259. The normalized spacial score (nSPS) is 32.0. The van der Waals surface area contributed by atoms with Crippen molar-refractivity contribution in [1.29, 1.82) is 0 Å². The highest BCUT2D eigenvalue weighted by Crippen LogP contribution is 2.31. The van der Waals surface area contributed by atoms with E-state index in [1.807, 2.05) is 0 Å². The number of aliphatic hydroxyl groups excluding tert-OH is 1. The van der Waals surface area contributed by atoms with Crippen LogP contribution in [-0.2, 0) is 0 Å². The van der Waals surface area contributed by atoms with E-state index in [1.54, 1.807) is 0 Å². The van der Waals surface area contributed by atoms with Crippen molar-refractivity contribution in [2.24, 2.45) is 5.92 Å². The Hall–Kier alpha value is -0.560. The number of aliphatic hydroxyl groups is 1. The quantitative estimate of drug-likeness (QED) is 0.571. The summed E-state index contributed by atoms with van der Waals surface area (Å²) in [5.41, 5.74) is 2.20. The van der Waals surface area contributed by atoms with Gasteiger partial charge >= 0.3 is 0 Å². The highest BCUT2D eigenvalue weighted by Gasteiger charge is 2.22. The molecule has 0 radical (unpaired) electrons. The van der Waals surface area contributed by atoms with Crippen molar-refractivity contribution in [3.05, 3.63) is 24.3 Å². The number of hydrogen-bond donors (Lipinski definition) is 1. The molecule has 1 N–H and O–H groups in total. The summed E-state index contributed by atoms with van der Waals surface area (Å²) in [6.45, 7) is 9.80. The van der Waals surface area contributed by atoms with Crippen molar-refractivity contribution in [2.45, 2.75) is 32.3 Å². The molecule has 1 aliphatic carbocycles. The van der Waals surface area contributed by atoms with Gasteiger partial charge in [-0.15, -0.1) is 0 Å². The molecule has 2 unspecified atom stereocenters. The van der Waals surface area contributed by atoms with Gasteiger partial charge in [0.15, 0.2) is 0 Å². The molecule has 1 rings (SSSR count). The third-order valence-corrected chi connectivity index (χ3v) is 2.47. The van der Waals surface area contributed by atoms with E-state index in [9.17, 15) is 5.11 Å². The van der Waals surface area contributed by atoms with Crippen LogP contribution in [0.25, 0.3) is 0 Å². The zero-order chi connectivity index (χ0) is 8.43. The summed E-state index contributed by atoms with van der Waals surface area (Å²) in [5.74, 6) is 0.561. The second-order valence-corrected chi connectivity index (χ2v) is 3.50. The number of hydrogen-bond acceptors (Lipinski definition) is 1. The van der Waals surface area contributed by atoms with Crippen LogP contribution in [0.5, 0.6) is 0 Å². The molecule has 0 aromatic heterocycles. The van der Waals surface area contributed by atoms with E-state index >= 15 is 0 Å². The van der Waals surface area contributed by atoms with Crippen LogP contribution in [0.3, 0.4) is 0 Å². The van der Waals surface area contributed by atoms with Gasteiger partial charge in [0.1, 0.15) is 0 Å². The highest BCUT2D eigenvalue weighted by atomic mass is 16.3. The van der Waals surface area contributed by atoms with Gasteiger partial charge in [-0.05, 0) is 37.7 Å². The fraction of sp³-hybridized carbons (Fsp3) is 0.600. The fourth-order valence-corrected chi connectivity index (χ4v) is 1.54. The Morgan fingerprint density at radius 1 is 1.55 bits per heavy atom. The Balaban J connectivity index is 2.53. The topological polar surface area (TPSA) is 20.2 Å². The summed E-state index contributed by atoms with van der Waals surface area (Å²) in [6.07, 6.45) is 2.59. The largest absolute Gasteiger partial charge is 0.389 e. The first-order chi connectivity index (χ1) is 5.11. The molecule has 11 heavy (non-hydrogen) atoms. The first kappa shape index (κ1) is 8.54. The van der Waals surface area contributed by atoms with Crippen LogP contribution in [0.4, 0.5) is 0 Å². The molecular weight excluding hydrogens is 136 g/mol. The van der Waals surface area contributed by atoms with Gasteiger partial charge in [-0.2, -0.15) is 0 Å². The van der Waals surface area contributed by atoms with Crippen molar-refractivity contribution in [3.63, 3.8) is 0 Å². The second kappa shape index (κ2) is 3.22. The third-order valence-electron chi connectivity index (χ3n) is 2.47. The minimum Gasteiger partial charge on any atom is -0.389 e. The molecule has 0 spiro atoms. The minimum absolute atomic E-state index is 0.259. The van der Waals surface area contributed by atoms with Crippen molar-refractivity contribution in [3.8, 4) is 0 Å². The molecule has 2 atom stereocenters. The molecular formula is C10H16O. The standard InChI is InChI=1S/C10H16O/c1-7(2)9-4-5-10(11)8(3)6-9/h9-11H,1,3-6H2,2H3.